The molecule has 2 aromatic carbocycles. The van der Waals surface area contributed by atoms with Crippen LogP contribution >= 0.6 is 0 Å². The van der Waals surface area contributed by atoms with Gasteiger partial charge in [0.15, 0.2) is 0 Å². The molecule has 0 amide bonds. The lowest BCUT2D eigenvalue weighted by Gasteiger charge is -2.12. The van der Waals surface area contributed by atoms with E-state index in [0.29, 0.717) is 17.5 Å². The molecular weight excluding hydrogens is 341 g/mol. The Kier molecular flexibility index (Phi) is 5.06. The highest BCUT2D eigenvalue weighted by molar-refractivity contribution is 5.62. The summed E-state index contributed by atoms with van der Waals surface area (Å²) in [7, 11) is 0. The second-order valence-corrected chi connectivity index (χ2v) is 5.60. The molecular formula is C19H17F3N4. The molecule has 4 nitrogen and oxygen atoms in total. The van der Waals surface area contributed by atoms with E-state index in [1.807, 2.05) is 31.2 Å². The molecule has 1 heterocycles. The van der Waals surface area contributed by atoms with Gasteiger partial charge in [0.25, 0.3) is 0 Å². The van der Waals surface area contributed by atoms with Crippen molar-refractivity contribution in [1.82, 2.24) is 9.97 Å². The minimum absolute atomic E-state index is 0.304. The zero-order chi connectivity index (χ0) is 18.6. The van der Waals surface area contributed by atoms with Crippen LogP contribution in [0.25, 0.3) is 0 Å². The van der Waals surface area contributed by atoms with E-state index >= 15 is 0 Å². The molecule has 0 unspecified atom stereocenters. The van der Waals surface area contributed by atoms with E-state index in [2.05, 4.69) is 20.6 Å². The maximum absolute atomic E-state index is 12.8. The fourth-order valence-corrected chi connectivity index (χ4v) is 2.48. The van der Waals surface area contributed by atoms with Crippen molar-refractivity contribution >= 4 is 23.1 Å². The first-order valence-electron chi connectivity index (χ1n) is 8.08. The highest BCUT2D eigenvalue weighted by Gasteiger charge is 2.30. The number of nitrogens with one attached hydrogen (secondary N) is 2. The topological polar surface area (TPSA) is 49.8 Å². The Morgan fingerprint density at radius 3 is 2.54 bits per heavy atom. The van der Waals surface area contributed by atoms with Gasteiger partial charge < -0.3 is 10.6 Å². The molecule has 2 N–H and O–H groups in total. The van der Waals surface area contributed by atoms with E-state index in [1.165, 1.54) is 6.07 Å². The Morgan fingerprint density at radius 2 is 1.77 bits per heavy atom. The van der Waals surface area contributed by atoms with Crippen LogP contribution in [-0.2, 0) is 12.6 Å². The molecule has 0 bridgehead atoms. The summed E-state index contributed by atoms with van der Waals surface area (Å²) in [6, 6.07) is 14.4. The predicted octanol–water partition coefficient (Wildman–Crippen LogP) is 5.55. The number of anilines is 4. The van der Waals surface area contributed by atoms with E-state index in [-0.39, 0.29) is 0 Å². The van der Waals surface area contributed by atoms with Crippen molar-refractivity contribution < 1.29 is 13.2 Å². The Hall–Kier alpha value is -3.09. The van der Waals surface area contributed by atoms with Crippen LogP contribution in [-0.4, -0.2) is 9.97 Å². The number of hydrogen-bond donors (Lipinski definition) is 2. The fraction of sp³-hybridized carbons (Fsp3) is 0.158. The molecule has 3 rings (SSSR count). The van der Waals surface area contributed by atoms with Crippen molar-refractivity contribution in [2.75, 3.05) is 10.6 Å². The number of aryl methyl sites for hydroxylation is 1. The number of aromatic nitrogens is 2. The van der Waals surface area contributed by atoms with Gasteiger partial charge >= 0.3 is 6.18 Å². The number of halogens is 3. The van der Waals surface area contributed by atoms with Crippen LogP contribution < -0.4 is 10.6 Å². The predicted molar refractivity (Wildman–Crippen MR) is 95.9 cm³/mol. The molecule has 0 saturated heterocycles. The molecule has 0 radical (unpaired) electrons. The second kappa shape index (κ2) is 7.43. The van der Waals surface area contributed by atoms with Gasteiger partial charge in [-0.15, -0.1) is 0 Å². The number of hydrogen-bond acceptors (Lipinski definition) is 4. The molecule has 0 saturated carbocycles. The Morgan fingerprint density at radius 1 is 0.962 bits per heavy atom. The summed E-state index contributed by atoms with van der Waals surface area (Å²) in [5.74, 6) is 0.763. The average Bonchev–Trinajstić information content (AvgIpc) is 2.62. The lowest BCUT2D eigenvalue weighted by Crippen LogP contribution is -2.06. The highest BCUT2D eigenvalue weighted by atomic mass is 19.4. The first-order chi connectivity index (χ1) is 12.5. The first kappa shape index (κ1) is 17.7. The van der Waals surface area contributed by atoms with Crippen LogP contribution in [0.2, 0.25) is 0 Å². The van der Waals surface area contributed by atoms with Crippen LogP contribution in [0.15, 0.2) is 60.8 Å². The molecule has 0 atom stereocenters. The first-order valence-corrected chi connectivity index (χ1v) is 8.08. The summed E-state index contributed by atoms with van der Waals surface area (Å²) in [6.45, 7) is 2.05. The molecule has 26 heavy (non-hydrogen) atoms. The third-order valence-electron chi connectivity index (χ3n) is 3.76. The summed E-state index contributed by atoms with van der Waals surface area (Å²) in [6.07, 6.45) is -1.99. The number of nitrogens with zero attached hydrogens (tertiary/aromatic N) is 2. The van der Waals surface area contributed by atoms with Gasteiger partial charge in [0.05, 0.1) is 5.56 Å². The lowest BCUT2D eigenvalue weighted by atomic mass is 10.1. The standard InChI is InChI=1S/C19H17F3N4/c1-2-13-6-3-4-9-16(13)25-18-23-11-10-17(26-18)24-15-8-5-7-14(12-15)19(20,21)22/h3-12H,2H2,1H3,(H2,23,24,25,26). The molecule has 1 aromatic heterocycles. The molecule has 0 aliphatic carbocycles. The zero-order valence-corrected chi connectivity index (χ0v) is 14.0. The number of para-hydroxylation sites is 1. The van der Waals surface area contributed by atoms with Gasteiger partial charge in [-0.25, -0.2) is 4.98 Å². The normalized spacial score (nSPS) is 11.2. The van der Waals surface area contributed by atoms with Crippen LogP contribution in [0, 0.1) is 0 Å². The Labute approximate surface area is 149 Å². The van der Waals surface area contributed by atoms with E-state index in [0.717, 1.165) is 29.8 Å². The van der Waals surface area contributed by atoms with E-state index in [1.54, 1.807) is 18.3 Å². The van der Waals surface area contributed by atoms with Gasteiger partial charge in [-0.3, -0.25) is 0 Å². The van der Waals surface area contributed by atoms with Crippen LogP contribution in [0.1, 0.15) is 18.1 Å². The minimum atomic E-state index is -4.39. The maximum atomic E-state index is 12.8. The van der Waals surface area contributed by atoms with Gasteiger partial charge in [0, 0.05) is 17.6 Å². The van der Waals surface area contributed by atoms with Crippen molar-refractivity contribution in [1.29, 1.82) is 0 Å². The van der Waals surface area contributed by atoms with Crippen LogP contribution in [0.3, 0.4) is 0 Å². The summed E-state index contributed by atoms with van der Waals surface area (Å²) in [5, 5.41) is 6.02. The third kappa shape index (κ3) is 4.30. The quantitative estimate of drug-likeness (QED) is 0.628. The number of alkyl halides is 3. The molecule has 134 valence electrons. The SMILES string of the molecule is CCc1ccccc1Nc1nccc(Nc2cccc(C(F)(F)F)c2)n1. The highest BCUT2D eigenvalue weighted by Crippen LogP contribution is 2.31. The third-order valence-corrected chi connectivity index (χ3v) is 3.76. The van der Waals surface area contributed by atoms with Gasteiger partial charge in [-0.05, 0) is 42.3 Å². The smallest absolute Gasteiger partial charge is 0.340 e. The molecule has 0 spiro atoms. The van der Waals surface area contributed by atoms with Crippen molar-refractivity contribution in [2.24, 2.45) is 0 Å². The average molecular weight is 358 g/mol. The number of rotatable bonds is 5. The summed E-state index contributed by atoms with van der Waals surface area (Å²) in [4.78, 5) is 8.48. The molecule has 3 aromatic rings. The summed E-state index contributed by atoms with van der Waals surface area (Å²) < 4.78 is 38.5. The molecule has 0 aliphatic heterocycles. The van der Waals surface area contributed by atoms with Crippen molar-refractivity contribution in [3.63, 3.8) is 0 Å². The fourth-order valence-electron chi connectivity index (χ4n) is 2.48. The van der Waals surface area contributed by atoms with Crippen molar-refractivity contribution in [3.05, 3.63) is 71.9 Å². The molecule has 0 aliphatic rings. The molecule has 0 fully saturated rings. The van der Waals surface area contributed by atoms with Crippen LogP contribution in [0.5, 0.6) is 0 Å². The van der Waals surface area contributed by atoms with Crippen molar-refractivity contribution in [3.8, 4) is 0 Å². The van der Waals surface area contributed by atoms with Gasteiger partial charge in [0.2, 0.25) is 5.95 Å². The zero-order valence-electron chi connectivity index (χ0n) is 14.0. The lowest BCUT2D eigenvalue weighted by molar-refractivity contribution is -0.137. The van der Waals surface area contributed by atoms with Gasteiger partial charge in [-0.1, -0.05) is 31.2 Å². The van der Waals surface area contributed by atoms with E-state index in [9.17, 15) is 13.2 Å². The van der Waals surface area contributed by atoms with Gasteiger partial charge in [-0.2, -0.15) is 18.2 Å². The van der Waals surface area contributed by atoms with E-state index < -0.39 is 11.7 Å². The summed E-state index contributed by atoms with van der Waals surface area (Å²) in [5.41, 5.74) is 1.60. The van der Waals surface area contributed by atoms with E-state index in [4.69, 9.17) is 0 Å². The van der Waals surface area contributed by atoms with Crippen LogP contribution in [0.4, 0.5) is 36.3 Å². The second-order valence-electron chi connectivity index (χ2n) is 5.60. The van der Waals surface area contributed by atoms with Gasteiger partial charge in [0.1, 0.15) is 5.82 Å². The largest absolute Gasteiger partial charge is 0.416 e. The monoisotopic (exact) mass is 358 g/mol. The molecule has 7 heteroatoms. The van der Waals surface area contributed by atoms with Crippen molar-refractivity contribution in [2.45, 2.75) is 19.5 Å². The maximum Gasteiger partial charge on any atom is 0.416 e. The Balaban J connectivity index is 1.80. The summed E-state index contributed by atoms with van der Waals surface area (Å²) >= 11 is 0. The Bertz CT molecular complexity index is 894. The number of benzene rings is 2. The minimum Gasteiger partial charge on any atom is -0.340 e.